The molecule has 0 atom stereocenters. The maximum Gasteiger partial charge on any atom is 0.0950 e. The molecule has 5 nitrogen and oxygen atoms in total. The van der Waals surface area contributed by atoms with Gasteiger partial charge >= 0.3 is 0 Å². The number of hydrogen-bond donors (Lipinski definition) is 1. The van der Waals surface area contributed by atoms with Crippen LogP contribution in [0.5, 0.6) is 0 Å². The van der Waals surface area contributed by atoms with Gasteiger partial charge in [-0.3, -0.25) is 4.90 Å². The van der Waals surface area contributed by atoms with E-state index in [1.165, 1.54) is 0 Å². The highest BCUT2D eigenvalue weighted by Crippen LogP contribution is 1.99. The molecule has 2 N–H and O–H groups in total. The van der Waals surface area contributed by atoms with Crippen LogP contribution < -0.4 is 5.73 Å². The van der Waals surface area contributed by atoms with Crippen molar-refractivity contribution < 1.29 is 4.74 Å². The molecule has 1 fully saturated rings. The third-order valence-corrected chi connectivity index (χ3v) is 2.67. The second-order valence-corrected chi connectivity index (χ2v) is 3.76. The summed E-state index contributed by atoms with van der Waals surface area (Å²) in [6.07, 6.45) is 3.86. The molecular weight excluding hydrogens is 192 g/mol. The second kappa shape index (κ2) is 5.25. The molecule has 0 amide bonds. The molecule has 1 aromatic rings. The van der Waals surface area contributed by atoms with Crippen molar-refractivity contribution in [3.63, 3.8) is 0 Å². The molecular formula is C10H18N4O. The SMILES string of the molecule is NCc1cn(CCN2CCOCC2)cn1. The van der Waals surface area contributed by atoms with Gasteiger partial charge in [0.15, 0.2) is 0 Å². The fourth-order valence-corrected chi connectivity index (χ4v) is 1.72. The van der Waals surface area contributed by atoms with Gasteiger partial charge in [0.1, 0.15) is 0 Å². The predicted octanol–water partition coefficient (Wildman–Crippen LogP) is -0.326. The molecule has 0 unspecified atom stereocenters. The predicted molar refractivity (Wildman–Crippen MR) is 57.4 cm³/mol. The molecule has 1 aliphatic heterocycles. The van der Waals surface area contributed by atoms with Crippen LogP contribution in [0.4, 0.5) is 0 Å². The van der Waals surface area contributed by atoms with Gasteiger partial charge in [-0.2, -0.15) is 0 Å². The first-order chi connectivity index (χ1) is 7.38. The highest BCUT2D eigenvalue weighted by Gasteiger charge is 2.09. The van der Waals surface area contributed by atoms with E-state index >= 15 is 0 Å². The molecule has 0 saturated carbocycles. The van der Waals surface area contributed by atoms with E-state index in [9.17, 15) is 0 Å². The number of aromatic nitrogens is 2. The lowest BCUT2D eigenvalue weighted by molar-refractivity contribution is 0.0364. The third-order valence-electron chi connectivity index (χ3n) is 2.67. The maximum absolute atomic E-state index is 5.50. The van der Waals surface area contributed by atoms with Crippen LogP contribution in [0.3, 0.4) is 0 Å². The van der Waals surface area contributed by atoms with E-state index in [0.717, 1.165) is 45.1 Å². The summed E-state index contributed by atoms with van der Waals surface area (Å²) in [7, 11) is 0. The number of imidazole rings is 1. The lowest BCUT2D eigenvalue weighted by Gasteiger charge is -2.26. The first kappa shape index (κ1) is 10.6. The second-order valence-electron chi connectivity index (χ2n) is 3.76. The van der Waals surface area contributed by atoms with Gasteiger partial charge in [0.05, 0.1) is 25.2 Å². The third kappa shape index (κ3) is 3.02. The van der Waals surface area contributed by atoms with Crippen molar-refractivity contribution in [2.45, 2.75) is 13.1 Å². The lowest BCUT2D eigenvalue weighted by atomic mass is 10.4. The monoisotopic (exact) mass is 210 g/mol. The van der Waals surface area contributed by atoms with E-state index in [-0.39, 0.29) is 0 Å². The number of rotatable bonds is 4. The van der Waals surface area contributed by atoms with Gasteiger partial charge in [-0.15, -0.1) is 0 Å². The Hall–Kier alpha value is -0.910. The van der Waals surface area contributed by atoms with Crippen molar-refractivity contribution in [3.05, 3.63) is 18.2 Å². The van der Waals surface area contributed by atoms with Gasteiger partial charge in [0.25, 0.3) is 0 Å². The maximum atomic E-state index is 5.50. The molecule has 15 heavy (non-hydrogen) atoms. The molecule has 0 aliphatic carbocycles. The summed E-state index contributed by atoms with van der Waals surface area (Å²) < 4.78 is 7.39. The van der Waals surface area contributed by atoms with E-state index in [1.807, 2.05) is 12.5 Å². The molecule has 0 aromatic carbocycles. The largest absolute Gasteiger partial charge is 0.379 e. The van der Waals surface area contributed by atoms with Crippen molar-refractivity contribution >= 4 is 0 Å². The van der Waals surface area contributed by atoms with Gasteiger partial charge in [-0.05, 0) is 0 Å². The van der Waals surface area contributed by atoms with Crippen molar-refractivity contribution in [3.8, 4) is 0 Å². The number of hydrogen-bond acceptors (Lipinski definition) is 4. The Labute approximate surface area is 89.8 Å². The lowest BCUT2D eigenvalue weighted by Crippen LogP contribution is -2.38. The van der Waals surface area contributed by atoms with E-state index < -0.39 is 0 Å². The van der Waals surface area contributed by atoms with E-state index in [2.05, 4.69) is 14.5 Å². The van der Waals surface area contributed by atoms with Crippen molar-refractivity contribution in [1.82, 2.24) is 14.5 Å². The Morgan fingerprint density at radius 2 is 2.13 bits per heavy atom. The van der Waals surface area contributed by atoms with Crippen LogP contribution in [-0.4, -0.2) is 47.3 Å². The fourth-order valence-electron chi connectivity index (χ4n) is 1.72. The zero-order chi connectivity index (χ0) is 10.5. The standard InChI is InChI=1S/C10H18N4O/c11-7-10-8-14(9-12-10)2-1-13-3-5-15-6-4-13/h8-9H,1-7,11H2. The van der Waals surface area contributed by atoms with Crippen LogP contribution in [0, 0.1) is 0 Å². The summed E-state index contributed by atoms with van der Waals surface area (Å²) in [5, 5.41) is 0. The zero-order valence-corrected chi connectivity index (χ0v) is 8.93. The zero-order valence-electron chi connectivity index (χ0n) is 8.93. The minimum atomic E-state index is 0.518. The molecule has 1 aliphatic rings. The molecule has 0 bridgehead atoms. The molecule has 2 rings (SSSR count). The Kier molecular flexibility index (Phi) is 3.71. The van der Waals surface area contributed by atoms with Crippen LogP contribution in [-0.2, 0) is 17.8 Å². The topological polar surface area (TPSA) is 56.3 Å². The fraction of sp³-hybridized carbons (Fsp3) is 0.700. The molecule has 0 radical (unpaired) electrons. The number of morpholine rings is 1. The van der Waals surface area contributed by atoms with E-state index in [0.29, 0.717) is 6.54 Å². The minimum Gasteiger partial charge on any atom is -0.379 e. The summed E-state index contributed by atoms with van der Waals surface area (Å²) in [6.45, 7) is 6.36. The molecule has 0 spiro atoms. The summed E-state index contributed by atoms with van der Waals surface area (Å²) in [5.41, 5.74) is 6.45. The molecule has 1 aromatic heterocycles. The van der Waals surface area contributed by atoms with Crippen molar-refractivity contribution in [2.24, 2.45) is 5.73 Å². The Bertz CT molecular complexity index is 293. The van der Waals surface area contributed by atoms with Crippen LogP contribution >= 0.6 is 0 Å². The van der Waals surface area contributed by atoms with E-state index in [4.69, 9.17) is 10.5 Å². The van der Waals surface area contributed by atoms with Gasteiger partial charge in [0, 0.05) is 38.9 Å². The van der Waals surface area contributed by atoms with Gasteiger partial charge in [0.2, 0.25) is 0 Å². The van der Waals surface area contributed by atoms with Crippen LogP contribution in [0.1, 0.15) is 5.69 Å². The van der Waals surface area contributed by atoms with Crippen LogP contribution in [0.25, 0.3) is 0 Å². The average Bonchev–Trinajstić information content (AvgIpc) is 2.76. The first-order valence-corrected chi connectivity index (χ1v) is 5.39. The quantitative estimate of drug-likeness (QED) is 0.739. The minimum absolute atomic E-state index is 0.518. The molecule has 2 heterocycles. The summed E-state index contributed by atoms with van der Waals surface area (Å²) in [4.78, 5) is 6.60. The Balaban J connectivity index is 1.76. The van der Waals surface area contributed by atoms with Gasteiger partial charge in [-0.25, -0.2) is 4.98 Å². The summed E-state index contributed by atoms with van der Waals surface area (Å²) in [5.74, 6) is 0. The van der Waals surface area contributed by atoms with Crippen LogP contribution in [0.15, 0.2) is 12.5 Å². The normalized spacial score (nSPS) is 18.2. The number of nitrogens with two attached hydrogens (primary N) is 1. The highest BCUT2D eigenvalue weighted by atomic mass is 16.5. The van der Waals surface area contributed by atoms with Crippen LogP contribution in [0.2, 0.25) is 0 Å². The van der Waals surface area contributed by atoms with E-state index in [1.54, 1.807) is 0 Å². The molecule has 84 valence electrons. The summed E-state index contributed by atoms with van der Waals surface area (Å²) in [6, 6.07) is 0. The van der Waals surface area contributed by atoms with Gasteiger partial charge in [-0.1, -0.05) is 0 Å². The highest BCUT2D eigenvalue weighted by molar-refractivity contribution is 4.95. The molecule has 1 saturated heterocycles. The summed E-state index contributed by atoms with van der Waals surface area (Å²) >= 11 is 0. The average molecular weight is 210 g/mol. The van der Waals surface area contributed by atoms with Crippen molar-refractivity contribution in [1.29, 1.82) is 0 Å². The Morgan fingerprint density at radius 3 is 2.80 bits per heavy atom. The number of nitrogens with zero attached hydrogens (tertiary/aromatic N) is 3. The van der Waals surface area contributed by atoms with Crippen molar-refractivity contribution in [2.75, 3.05) is 32.8 Å². The number of ether oxygens (including phenoxy) is 1. The Morgan fingerprint density at radius 1 is 1.33 bits per heavy atom. The molecule has 5 heteroatoms. The van der Waals surface area contributed by atoms with Gasteiger partial charge < -0.3 is 15.0 Å². The smallest absolute Gasteiger partial charge is 0.0950 e. The first-order valence-electron chi connectivity index (χ1n) is 5.39.